The van der Waals surface area contributed by atoms with Crippen LogP contribution in [-0.2, 0) is 19.4 Å². The number of aryl methyl sites for hydroxylation is 2. The standard InChI is InChI=1S/C20H31N5O/c1-5-15-12-21-22-19(15)16-8-7-9-24(13-16)20(26)18-11-17(10-14(3)4)23-25(18)6-2/h11-12,14,16H,5-10,13H2,1-4H3,(H,21,22). The number of aromatic nitrogens is 4. The number of hydrogen-bond donors (Lipinski definition) is 1. The number of nitrogens with one attached hydrogen (secondary N) is 1. The lowest BCUT2D eigenvalue weighted by Crippen LogP contribution is -2.40. The normalized spacial score (nSPS) is 17.9. The third kappa shape index (κ3) is 3.84. The molecule has 1 N–H and O–H groups in total. The van der Waals surface area contributed by atoms with Crippen LogP contribution in [0, 0.1) is 5.92 Å². The zero-order valence-corrected chi connectivity index (χ0v) is 16.5. The largest absolute Gasteiger partial charge is 0.337 e. The molecule has 3 heterocycles. The lowest BCUT2D eigenvalue weighted by Gasteiger charge is -2.32. The molecule has 0 saturated carbocycles. The van der Waals surface area contributed by atoms with Gasteiger partial charge in [-0.3, -0.25) is 14.6 Å². The highest BCUT2D eigenvalue weighted by molar-refractivity contribution is 5.92. The average molecular weight is 358 g/mol. The monoisotopic (exact) mass is 357 g/mol. The van der Waals surface area contributed by atoms with Crippen LogP contribution < -0.4 is 0 Å². The highest BCUT2D eigenvalue weighted by atomic mass is 16.2. The topological polar surface area (TPSA) is 66.8 Å². The zero-order chi connectivity index (χ0) is 18.7. The van der Waals surface area contributed by atoms with Crippen LogP contribution >= 0.6 is 0 Å². The molecule has 0 radical (unpaired) electrons. The van der Waals surface area contributed by atoms with Crippen LogP contribution in [-0.4, -0.2) is 43.9 Å². The van der Waals surface area contributed by atoms with Gasteiger partial charge < -0.3 is 4.90 Å². The number of carbonyl (C=O) groups excluding carboxylic acids is 1. The van der Waals surface area contributed by atoms with Crippen LogP contribution in [0.5, 0.6) is 0 Å². The van der Waals surface area contributed by atoms with Crippen molar-refractivity contribution in [3.63, 3.8) is 0 Å². The SMILES string of the molecule is CCc1cn[nH]c1C1CCCN(C(=O)c2cc(CC(C)C)nn2CC)C1. The molecule has 0 bridgehead atoms. The first-order chi connectivity index (χ1) is 12.5. The molecule has 1 unspecified atom stereocenters. The van der Waals surface area contributed by atoms with E-state index in [9.17, 15) is 4.79 Å². The number of H-pyrrole nitrogens is 1. The summed E-state index contributed by atoms with van der Waals surface area (Å²) in [6, 6.07) is 1.99. The van der Waals surface area contributed by atoms with Crippen LogP contribution in [0.15, 0.2) is 12.3 Å². The Hall–Kier alpha value is -2.11. The van der Waals surface area contributed by atoms with Gasteiger partial charge in [0.2, 0.25) is 0 Å². The van der Waals surface area contributed by atoms with Crippen molar-refractivity contribution in [2.45, 2.75) is 65.8 Å². The number of carbonyl (C=O) groups is 1. The predicted octanol–water partition coefficient (Wildman–Crippen LogP) is 3.41. The molecule has 1 aliphatic heterocycles. The van der Waals surface area contributed by atoms with E-state index in [2.05, 4.69) is 36.1 Å². The summed E-state index contributed by atoms with van der Waals surface area (Å²) in [7, 11) is 0. The Bertz CT molecular complexity index is 745. The van der Waals surface area contributed by atoms with Gasteiger partial charge in [0.15, 0.2) is 0 Å². The molecule has 0 aliphatic carbocycles. The van der Waals surface area contributed by atoms with Gasteiger partial charge in [-0.05, 0) is 50.2 Å². The Morgan fingerprint density at radius 1 is 1.38 bits per heavy atom. The first-order valence-electron chi connectivity index (χ1n) is 9.91. The number of piperidine rings is 1. The third-order valence-electron chi connectivity index (χ3n) is 5.22. The van der Waals surface area contributed by atoms with E-state index < -0.39 is 0 Å². The van der Waals surface area contributed by atoms with Crippen molar-refractivity contribution in [1.82, 2.24) is 24.9 Å². The van der Waals surface area contributed by atoms with Crippen LogP contribution in [0.1, 0.15) is 73.9 Å². The summed E-state index contributed by atoms with van der Waals surface area (Å²) in [5.74, 6) is 0.986. The van der Waals surface area contributed by atoms with E-state index in [1.54, 1.807) is 0 Å². The first kappa shape index (κ1) is 18.7. The highest BCUT2D eigenvalue weighted by Gasteiger charge is 2.29. The molecular weight excluding hydrogens is 326 g/mol. The fourth-order valence-corrected chi connectivity index (χ4v) is 3.92. The zero-order valence-electron chi connectivity index (χ0n) is 16.5. The minimum absolute atomic E-state index is 0.108. The molecule has 2 aromatic heterocycles. The van der Waals surface area contributed by atoms with Crippen molar-refractivity contribution >= 4 is 5.91 Å². The number of hydrogen-bond acceptors (Lipinski definition) is 3. The van der Waals surface area contributed by atoms with E-state index in [-0.39, 0.29) is 5.91 Å². The van der Waals surface area contributed by atoms with Crippen molar-refractivity contribution in [2.75, 3.05) is 13.1 Å². The van der Waals surface area contributed by atoms with Crippen molar-refractivity contribution in [1.29, 1.82) is 0 Å². The number of likely N-dealkylation sites (tertiary alicyclic amines) is 1. The van der Waals surface area contributed by atoms with Crippen molar-refractivity contribution in [3.8, 4) is 0 Å². The molecule has 142 valence electrons. The van der Waals surface area contributed by atoms with Gasteiger partial charge >= 0.3 is 0 Å². The van der Waals surface area contributed by atoms with Gasteiger partial charge in [0.05, 0.1) is 11.9 Å². The van der Waals surface area contributed by atoms with Gasteiger partial charge in [-0.2, -0.15) is 10.2 Å². The summed E-state index contributed by atoms with van der Waals surface area (Å²) in [4.78, 5) is 15.2. The van der Waals surface area contributed by atoms with Crippen LogP contribution in [0.2, 0.25) is 0 Å². The van der Waals surface area contributed by atoms with Gasteiger partial charge in [-0.25, -0.2) is 0 Å². The summed E-state index contributed by atoms with van der Waals surface area (Å²) in [5, 5.41) is 12.0. The average Bonchev–Trinajstić information content (AvgIpc) is 3.27. The van der Waals surface area contributed by atoms with Crippen LogP contribution in [0.4, 0.5) is 0 Å². The van der Waals surface area contributed by atoms with Crippen LogP contribution in [0.3, 0.4) is 0 Å². The number of amides is 1. The Morgan fingerprint density at radius 2 is 2.19 bits per heavy atom. The first-order valence-corrected chi connectivity index (χ1v) is 9.91. The van der Waals surface area contributed by atoms with E-state index in [0.717, 1.165) is 56.7 Å². The van der Waals surface area contributed by atoms with E-state index in [0.29, 0.717) is 11.8 Å². The highest BCUT2D eigenvalue weighted by Crippen LogP contribution is 2.29. The summed E-state index contributed by atoms with van der Waals surface area (Å²) >= 11 is 0. The molecule has 6 heteroatoms. The summed E-state index contributed by atoms with van der Waals surface area (Å²) in [5.41, 5.74) is 4.21. The maximum atomic E-state index is 13.2. The molecule has 3 rings (SSSR count). The molecule has 1 atom stereocenters. The van der Waals surface area contributed by atoms with Crippen LogP contribution in [0.25, 0.3) is 0 Å². The summed E-state index contributed by atoms with van der Waals surface area (Å²) in [6.07, 6.45) is 5.92. The fraction of sp³-hybridized carbons (Fsp3) is 0.650. The van der Waals surface area contributed by atoms with Crippen molar-refractivity contribution < 1.29 is 4.79 Å². The molecule has 6 nitrogen and oxygen atoms in total. The number of aromatic amines is 1. The number of nitrogens with zero attached hydrogens (tertiary/aromatic N) is 4. The third-order valence-corrected chi connectivity index (χ3v) is 5.22. The predicted molar refractivity (Wildman–Crippen MR) is 102 cm³/mol. The Balaban J connectivity index is 1.78. The molecule has 1 fully saturated rings. The Labute approximate surface area is 156 Å². The molecule has 0 aromatic carbocycles. The molecule has 1 amide bonds. The minimum atomic E-state index is 0.108. The number of rotatable bonds is 6. The van der Waals surface area contributed by atoms with Gasteiger partial charge in [0.25, 0.3) is 5.91 Å². The Morgan fingerprint density at radius 3 is 2.88 bits per heavy atom. The van der Waals surface area contributed by atoms with Crippen molar-refractivity contribution in [3.05, 3.63) is 34.9 Å². The minimum Gasteiger partial charge on any atom is -0.337 e. The molecule has 1 saturated heterocycles. The second-order valence-corrected chi connectivity index (χ2v) is 7.69. The van der Waals surface area contributed by atoms with E-state index >= 15 is 0 Å². The van der Waals surface area contributed by atoms with Crippen molar-refractivity contribution in [2.24, 2.45) is 5.92 Å². The van der Waals surface area contributed by atoms with E-state index in [4.69, 9.17) is 0 Å². The van der Waals surface area contributed by atoms with Gasteiger partial charge in [-0.15, -0.1) is 0 Å². The lowest BCUT2D eigenvalue weighted by atomic mass is 9.92. The molecule has 26 heavy (non-hydrogen) atoms. The fourth-order valence-electron chi connectivity index (χ4n) is 3.92. The van der Waals surface area contributed by atoms with Gasteiger partial charge in [-0.1, -0.05) is 20.8 Å². The molecule has 2 aromatic rings. The maximum absolute atomic E-state index is 13.2. The smallest absolute Gasteiger partial charge is 0.272 e. The Kier molecular flexibility index (Phi) is 5.79. The lowest BCUT2D eigenvalue weighted by molar-refractivity contribution is 0.0693. The maximum Gasteiger partial charge on any atom is 0.272 e. The molecule has 0 spiro atoms. The van der Waals surface area contributed by atoms with Gasteiger partial charge in [0, 0.05) is 31.2 Å². The van der Waals surface area contributed by atoms with E-state index in [1.165, 1.54) is 11.3 Å². The summed E-state index contributed by atoms with van der Waals surface area (Å²) < 4.78 is 1.86. The van der Waals surface area contributed by atoms with E-state index in [1.807, 2.05) is 28.8 Å². The summed E-state index contributed by atoms with van der Waals surface area (Å²) in [6.45, 7) is 10.8. The molecular formula is C20H31N5O. The quantitative estimate of drug-likeness (QED) is 0.861. The van der Waals surface area contributed by atoms with Gasteiger partial charge in [0.1, 0.15) is 5.69 Å². The second-order valence-electron chi connectivity index (χ2n) is 7.69. The molecule has 1 aliphatic rings. The second kappa shape index (κ2) is 8.06.